The fourth-order valence-electron chi connectivity index (χ4n) is 2.16. The quantitative estimate of drug-likeness (QED) is 0.357. The van der Waals surface area contributed by atoms with Gasteiger partial charge < -0.3 is 23.2 Å². The number of nitrogens with zero attached hydrogens (tertiary/aromatic N) is 2. The molecule has 0 aromatic carbocycles. The molecule has 128 valence electrons. The third kappa shape index (κ3) is 13.2. The maximum Gasteiger partial charge on any atom is 0.102 e. The van der Waals surface area contributed by atoms with E-state index in [9.17, 15) is 0 Å². The van der Waals surface area contributed by atoms with Gasteiger partial charge in [-0.3, -0.25) is 0 Å². The van der Waals surface area contributed by atoms with E-state index in [4.69, 9.17) is 14.2 Å². The van der Waals surface area contributed by atoms with Crippen LogP contribution in [-0.2, 0) is 14.2 Å². The van der Waals surface area contributed by atoms with Gasteiger partial charge in [-0.2, -0.15) is 0 Å². The molecule has 0 N–H and O–H groups in total. The van der Waals surface area contributed by atoms with Crippen molar-refractivity contribution in [2.24, 2.45) is 0 Å². The van der Waals surface area contributed by atoms with Crippen molar-refractivity contribution in [2.75, 3.05) is 94.5 Å². The molecule has 0 bridgehead atoms. The van der Waals surface area contributed by atoms with Crippen LogP contribution in [0, 0.1) is 0 Å². The van der Waals surface area contributed by atoms with Gasteiger partial charge in [0.1, 0.15) is 13.1 Å². The van der Waals surface area contributed by atoms with Crippen LogP contribution in [0.15, 0.2) is 0 Å². The number of hydrogen-bond acceptors (Lipinski definition) is 3. The van der Waals surface area contributed by atoms with E-state index >= 15 is 0 Å². The van der Waals surface area contributed by atoms with Gasteiger partial charge in [-0.15, -0.1) is 0 Å². The van der Waals surface area contributed by atoms with Gasteiger partial charge in [-0.1, -0.05) is 0 Å². The van der Waals surface area contributed by atoms with Crippen LogP contribution in [0.4, 0.5) is 0 Å². The summed E-state index contributed by atoms with van der Waals surface area (Å²) >= 11 is 0. The van der Waals surface area contributed by atoms with E-state index in [1.165, 1.54) is 19.5 Å². The van der Waals surface area contributed by atoms with Crippen LogP contribution in [0.3, 0.4) is 0 Å². The van der Waals surface area contributed by atoms with Crippen LogP contribution in [-0.4, -0.2) is 103 Å². The first-order valence-electron chi connectivity index (χ1n) is 8.11. The number of ether oxygens (including phenoxy) is 3. The summed E-state index contributed by atoms with van der Waals surface area (Å²) in [6.45, 7) is 10.4. The largest absolute Gasteiger partial charge is 0.382 e. The second-order valence-electron chi connectivity index (χ2n) is 6.92. The predicted octanol–water partition coefficient (Wildman–Crippen LogP) is 1.23. The zero-order chi connectivity index (χ0) is 16.2. The Bertz CT molecular complexity index is 246. The molecule has 0 unspecified atom stereocenters. The first-order chi connectivity index (χ1) is 9.83. The number of rotatable bonds is 14. The summed E-state index contributed by atoms with van der Waals surface area (Å²) in [6.07, 6.45) is 1.23. The number of methoxy groups -OCH3 is 1. The minimum Gasteiger partial charge on any atom is -0.382 e. The van der Waals surface area contributed by atoms with Crippen LogP contribution in [0.2, 0.25) is 0 Å². The lowest BCUT2D eigenvalue weighted by Gasteiger charge is -2.33. The molecule has 0 saturated carbocycles. The summed E-state index contributed by atoms with van der Waals surface area (Å²) in [5, 5.41) is 0. The molecule has 0 heterocycles. The minimum absolute atomic E-state index is 0.679. The van der Waals surface area contributed by atoms with Gasteiger partial charge >= 0.3 is 0 Å². The molecule has 0 aromatic rings. The molecule has 0 aliphatic carbocycles. The average molecular weight is 306 g/mol. The van der Waals surface area contributed by atoms with E-state index in [1.807, 2.05) is 0 Å². The third-order valence-electron chi connectivity index (χ3n) is 3.84. The second kappa shape index (κ2) is 11.4. The molecule has 0 radical (unpaired) electrons. The summed E-state index contributed by atoms with van der Waals surface area (Å²) in [6, 6.07) is 0. The van der Waals surface area contributed by atoms with Crippen LogP contribution in [0.5, 0.6) is 0 Å². The Balaban J connectivity index is 3.75. The highest BCUT2D eigenvalue weighted by molar-refractivity contribution is 4.41. The summed E-state index contributed by atoms with van der Waals surface area (Å²) in [5.74, 6) is 0. The summed E-state index contributed by atoms with van der Waals surface area (Å²) in [5.41, 5.74) is 0. The van der Waals surface area contributed by atoms with Gasteiger partial charge in [0, 0.05) is 20.1 Å². The van der Waals surface area contributed by atoms with Gasteiger partial charge in [0.05, 0.1) is 67.7 Å². The predicted molar refractivity (Wildman–Crippen MR) is 87.5 cm³/mol. The summed E-state index contributed by atoms with van der Waals surface area (Å²) in [7, 11) is 10.8. The van der Waals surface area contributed by atoms with Gasteiger partial charge in [-0.05, 0) is 6.92 Å². The number of hydrogen-bond donors (Lipinski definition) is 0. The molecular weight excluding hydrogens is 268 g/mol. The molecule has 0 rings (SSSR count). The second-order valence-corrected chi connectivity index (χ2v) is 6.92. The normalized spacial score (nSPS) is 12.9. The molecule has 0 saturated heterocycles. The molecule has 0 aliphatic rings. The lowest BCUT2D eigenvalue weighted by Crippen LogP contribution is -2.47. The van der Waals surface area contributed by atoms with Crippen molar-refractivity contribution in [1.82, 2.24) is 0 Å². The SMILES string of the molecule is CCOCC[N+](C)(C)CCC[N+](C)(C)CCOCCOC. The average Bonchev–Trinajstić information content (AvgIpc) is 2.38. The topological polar surface area (TPSA) is 27.7 Å². The highest BCUT2D eigenvalue weighted by Gasteiger charge is 2.19. The Morgan fingerprint density at radius 1 is 0.667 bits per heavy atom. The lowest BCUT2D eigenvalue weighted by molar-refractivity contribution is -0.909. The Hall–Kier alpha value is -0.200. The first-order valence-corrected chi connectivity index (χ1v) is 8.11. The standard InChI is InChI=1S/C16H38N2O3/c1-7-20-13-11-17(2,3)9-8-10-18(4,5)12-14-21-16-15-19-6/h7-16H2,1-6H3/q+2. The molecule has 5 heteroatoms. The van der Waals surface area contributed by atoms with Crippen LogP contribution < -0.4 is 0 Å². The van der Waals surface area contributed by atoms with Gasteiger partial charge in [-0.25, -0.2) is 0 Å². The van der Waals surface area contributed by atoms with Gasteiger partial charge in [0.25, 0.3) is 0 Å². The smallest absolute Gasteiger partial charge is 0.102 e. The van der Waals surface area contributed by atoms with Crippen molar-refractivity contribution < 1.29 is 23.2 Å². The maximum absolute atomic E-state index is 5.56. The van der Waals surface area contributed by atoms with E-state index in [1.54, 1.807) is 7.11 Å². The highest BCUT2D eigenvalue weighted by Crippen LogP contribution is 2.04. The molecule has 0 fully saturated rings. The summed E-state index contributed by atoms with van der Waals surface area (Å²) < 4.78 is 18.0. The Morgan fingerprint density at radius 3 is 1.67 bits per heavy atom. The van der Waals surface area contributed by atoms with Crippen molar-refractivity contribution in [3.05, 3.63) is 0 Å². The zero-order valence-electron chi connectivity index (χ0n) is 15.2. The van der Waals surface area contributed by atoms with Crippen molar-refractivity contribution in [3.8, 4) is 0 Å². The van der Waals surface area contributed by atoms with Crippen LogP contribution in [0.25, 0.3) is 0 Å². The third-order valence-corrected chi connectivity index (χ3v) is 3.84. The summed E-state index contributed by atoms with van der Waals surface area (Å²) in [4.78, 5) is 0. The van der Waals surface area contributed by atoms with Crippen molar-refractivity contribution in [2.45, 2.75) is 13.3 Å². The molecule has 0 atom stereocenters. The van der Waals surface area contributed by atoms with Gasteiger partial charge in [0.15, 0.2) is 0 Å². The highest BCUT2D eigenvalue weighted by atomic mass is 16.5. The van der Waals surface area contributed by atoms with E-state index in [0.29, 0.717) is 13.2 Å². The molecule has 0 amide bonds. The molecule has 5 nitrogen and oxygen atoms in total. The molecule has 0 aliphatic heterocycles. The Kier molecular flexibility index (Phi) is 11.3. The van der Waals surface area contributed by atoms with E-state index in [-0.39, 0.29) is 0 Å². The van der Waals surface area contributed by atoms with Gasteiger partial charge in [0.2, 0.25) is 0 Å². The molecule has 21 heavy (non-hydrogen) atoms. The van der Waals surface area contributed by atoms with E-state index in [2.05, 4.69) is 35.1 Å². The Labute approximate surface area is 131 Å². The lowest BCUT2D eigenvalue weighted by atomic mass is 10.3. The van der Waals surface area contributed by atoms with Crippen molar-refractivity contribution >= 4 is 0 Å². The van der Waals surface area contributed by atoms with E-state index < -0.39 is 0 Å². The minimum atomic E-state index is 0.679. The number of likely N-dealkylation sites (N-methyl/N-ethyl adjacent to an activating group) is 2. The molecule has 0 spiro atoms. The van der Waals surface area contributed by atoms with Crippen molar-refractivity contribution in [3.63, 3.8) is 0 Å². The monoisotopic (exact) mass is 306 g/mol. The molecule has 0 aromatic heterocycles. The fourth-order valence-corrected chi connectivity index (χ4v) is 2.16. The van der Waals surface area contributed by atoms with Crippen LogP contribution in [0.1, 0.15) is 13.3 Å². The van der Waals surface area contributed by atoms with Crippen molar-refractivity contribution in [1.29, 1.82) is 0 Å². The number of quaternary nitrogens is 2. The fraction of sp³-hybridized carbons (Fsp3) is 1.00. The zero-order valence-corrected chi connectivity index (χ0v) is 15.2. The molecular formula is C16H38N2O3+2. The first kappa shape index (κ1) is 20.8. The maximum atomic E-state index is 5.56. The Morgan fingerprint density at radius 2 is 1.19 bits per heavy atom. The van der Waals surface area contributed by atoms with Crippen LogP contribution >= 0.6 is 0 Å². The van der Waals surface area contributed by atoms with E-state index in [0.717, 1.165) is 41.9 Å².